The van der Waals surface area contributed by atoms with Gasteiger partial charge >= 0.3 is 10.2 Å². The second kappa shape index (κ2) is 15.5. The highest BCUT2D eigenvalue weighted by Crippen LogP contribution is 2.41. The number of aromatic amines is 1. The molecule has 5 aliphatic rings. The van der Waals surface area contributed by atoms with Crippen LogP contribution in [0.15, 0.2) is 61.2 Å². The van der Waals surface area contributed by atoms with Crippen molar-refractivity contribution < 1.29 is 40.8 Å². The number of hydrogen-bond acceptors (Lipinski definition) is 11. The van der Waals surface area contributed by atoms with Gasteiger partial charge in [0.15, 0.2) is 5.82 Å². The van der Waals surface area contributed by atoms with E-state index in [-0.39, 0.29) is 53.2 Å². The molecule has 0 bridgehead atoms. The maximum Gasteiger partial charge on any atom is 0.301 e. The number of aryl methyl sites for hydroxylation is 1. The van der Waals surface area contributed by atoms with Gasteiger partial charge in [-0.1, -0.05) is 12.1 Å². The van der Waals surface area contributed by atoms with Gasteiger partial charge in [-0.25, -0.2) is 28.1 Å². The second-order valence-corrected chi connectivity index (χ2v) is 18.8. The Morgan fingerprint density at radius 2 is 1.73 bits per heavy atom. The largest absolute Gasteiger partial charge is 0.345 e. The fraction of sp³-hybridized carbons (Fsp3) is 0.372. The normalized spacial score (nSPS) is 21.2. The maximum absolute atomic E-state index is 15.7. The molecule has 1 unspecified atom stereocenters. The zero-order chi connectivity index (χ0) is 43.8. The molecule has 63 heavy (non-hydrogen) atoms. The van der Waals surface area contributed by atoms with Gasteiger partial charge < -0.3 is 19.7 Å². The Morgan fingerprint density at radius 1 is 0.952 bits per heavy atom. The Kier molecular flexibility index (Phi) is 10.1. The summed E-state index contributed by atoms with van der Waals surface area (Å²) in [6.07, 6.45) is 7.17. The molecular weight excluding hydrogens is 842 g/mol. The summed E-state index contributed by atoms with van der Waals surface area (Å²) in [6.45, 7) is 4.38. The number of imide groups is 1. The van der Waals surface area contributed by atoms with Gasteiger partial charge in [-0.05, 0) is 67.6 Å². The average Bonchev–Trinajstić information content (AvgIpc) is 3.96. The van der Waals surface area contributed by atoms with Gasteiger partial charge in [-0.15, -0.1) is 0 Å². The first kappa shape index (κ1) is 40.8. The fourth-order valence-corrected chi connectivity index (χ4v) is 10.8. The number of likely N-dealkylation sites (tertiary alicyclic amines) is 1. The number of hydrogen-bond donors (Lipinski definition) is 3. The maximum atomic E-state index is 15.7. The molecule has 5 aromatic rings. The number of anilines is 2. The number of ketones is 1. The molecule has 20 heteroatoms. The van der Waals surface area contributed by atoms with Crippen LogP contribution in [-0.2, 0) is 32.8 Å². The van der Waals surface area contributed by atoms with Crippen molar-refractivity contribution in [3.63, 3.8) is 0 Å². The van der Waals surface area contributed by atoms with Crippen LogP contribution in [0.2, 0.25) is 0 Å². The van der Waals surface area contributed by atoms with Gasteiger partial charge in [0.2, 0.25) is 23.5 Å². The number of benzene rings is 2. The number of fused-ring (bicyclic) bond motifs is 2. The van der Waals surface area contributed by atoms with Crippen LogP contribution in [0.25, 0.3) is 22.2 Å². The van der Waals surface area contributed by atoms with Gasteiger partial charge in [-0.3, -0.25) is 29.2 Å². The molecule has 10 rings (SSSR count). The minimum Gasteiger partial charge on any atom is -0.345 e. The predicted molar refractivity (Wildman–Crippen MR) is 222 cm³/mol. The molecule has 4 fully saturated rings. The molecule has 3 amide bonds. The number of alkyl halides is 1. The summed E-state index contributed by atoms with van der Waals surface area (Å²) in [5.41, 5.74) is 2.60. The topological polar surface area (TPSA) is 194 Å². The van der Waals surface area contributed by atoms with E-state index in [2.05, 4.69) is 41.1 Å². The van der Waals surface area contributed by atoms with Crippen LogP contribution >= 0.6 is 0 Å². The van der Waals surface area contributed by atoms with Gasteiger partial charge in [0, 0.05) is 110 Å². The molecule has 326 valence electrons. The zero-order valence-corrected chi connectivity index (χ0v) is 34.6. The highest BCUT2D eigenvalue weighted by atomic mass is 32.2. The predicted octanol–water partition coefficient (Wildman–Crippen LogP) is 3.75. The Labute approximate surface area is 359 Å². The van der Waals surface area contributed by atoms with Gasteiger partial charge in [0.05, 0.1) is 11.3 Å². The second-order valence-electron chi connectivity index (χ2n) is 17.1. The van der Waals surface area contributed by atoms with Crippen molar-refractivity contribution in [2.75, 3.05) is 55.4 Å². The SMILES string of the molecule is O=C1CCC(N2Cc3cc(CCCN4CC5(C4)CN(c4ncc(-c6cnc7[nH]cc(C(=O)c8c(F)ccc(NS(=O)(=O)N9CC[C@@H](F)C9)c8F)c7c6)cn4)C5)ccc3C2=O)C(=O)N1. The van der Waals surface area contributed by atoms with E-state index in [1.165, 1.54) is 6.20 Å². The molecule has 0 radical (unpaired) electrons. The van der Waals surface area contributed by atoms with Crippen LogP contribution in [0.1, 0.15) is 63.1 Å². The van der Waals surface area contributed by atoms with Crippen molar-refractivity contribution in [1.82, 2.24) is 39.4 Å². The molecule has 3 N–H and O–H groups in total. The van der Waals surface area contributed by atoms with Crippen LogP contribution in [0.5, 0.6) is 0 Å². The number of aromatic nitrogens is 4. The van der Waals surface area contributed by atoms with E-state index in [4.69, 9.17) is 0 Å². The molecule has 8 heterocycles. The van der Waals surface area contributed by atoms with Crippen molar-refractivity contribution in [1.29, 1.82) is 0 Å². The standard InChI is InChI=1S/C43H41F3N10O6S/c44-28-9-11-55(19-28)63(61,62)52-33-6-5-32(45)36(37(33)46)38(58)31-17-48-39-30(31)13-25(14-47-39)27-15-49-42(50-16-27)54-22-43(23-54)20-53(21-43)10-1-2-24-3-4-29-26(12-24)18-56(41(29)60)34-7-8-35(57)51-40(34)59/h3-6,12-17,28,34,52H,1-2,7-11,18-23H2,(H,47,48)(H,51,57,59)/t28-,34?/m1/s1. The fourth-order valence-electron chi connectivity index (χ4n) is 9.52. The molecule has 0 aliphatic carbocycles. The minimum absolute atomic E-state index is 0.00441. The van der Waals surface area contributed by atoms with Crippen molar-refractivity contribution in [2.45, 2.75) is 50.9 Å². The minimum atomic E-state index is -4.36. The molecular formula is C43H41F3N10O6S. The smallest absolute Gasteiger partial charge is 0.301 e. The van der Waals surface area contributed by atoms with Crippen molar-refractivity contribution in [2.24, 2.45) is 5.41 Å². The van der Waals surface area contributed by atoms with Crippen LogP contribution in [0.4, 0.5) is 24.8 Å². The first-order chi connectivity index (χ1) is 30.2. The molecule has 16 nitrogen and oxygen atoms in total. The Hall–Kier alpha value is -6.25. The molecule has 2 atom stereocenters. The van der Waals surface area contributed by atoms with Crippen molar-refractivity contribution in [3.05, 3.63) is 101 Å². The van der Waals surface area contributed by atoms with E-state index in [0.717, 1.165) is 73.1 Å². The molecule has 2 aromatic carbocycles. The third kappa shape index (κ3) is 7.48. The lowest BCUT2D eigenvalue weighted by atomic mass is 9.73. The molecule has 5 aliphatic heterocycles. The quantitative estimate of drug-likeness (QED) is 0.122. The number of H-pyrrole nitrogens is 1. The number of carbonyl (C=O) groups excluding carboxylic acids is 4. The van der Waals surface area contributed by atoms with E-state index < -0.39 is 63.5 Å². The van der Waals surface area contributed by atoms with Gasteiger partial charge in [0.1, 0.15) is 23.7 Å². The van der Waals surface area contributed by atoms with Gasteiger partial charge in [-0.2, -0.15) is 12.7 Å². The Morgan fingerprint density at radius 3 is 2.48 bits per heavy atom. The zero-order valence-electron chi connectivity index (χ0n) is 33.7. The molecule has 0 saturated carbocycles. The number of amides is 3. The number of rotatable bonds is 12. The summed E-state index contributed by atoms with van der Waals surface area (Å²) in [4.78, 5) is 73.3. The molecule has 3 aromatic heterocycles. The third-order valence-corrected chi connectivity index (χ3v) is 14.2. The number of nitrogens with one attached hydrogen (secondary N) is 3. The van der Waals surface area contributed by atoms with E-state index >= 15 is 8.78 Å². The summed E-state index contributed by atoms with van der Waals surface area (Å²) in [5, 5.41) is 2.62. The van der Waals surface area contributed by atoms with E-state index in [9.17, 15) is 32.0 Å². The van der Waals surface area contributed by atoms with Crippen LogP contribution in [0.3, 0.4) is 0 Å². The van der Waals surface area contributed by atoms with Crippen LogP contribution in [-0.4, -0.2) is 124 Å². The van der Waals surface area contributed by atoms with Crippen molar-refractivity contribution >= 4 is 56.4 Å². The summed E-state index contributed by atoms with van der Waals surface area (Å²) in [5.74, 6) is -3.94. The molecule has 4 saturated heterocycles. The lowest BCUT2D eigenvalue weighted by Crippen LogP contribution is -2.72. The van der Waals surface area contributed by atoms with E-state index in [0.29, 0.717) is 35.6 Å². The van der Waals surface area contributed by atoms with E-state index in [1.54, 1.807) is 29.6 Å². The van der Waals surface area contributed by atoms with Crippen LogP contribution in [0, 0.1) is 17.0 Å². The van der Waals surface area contributed by atoms with Crippen LogP contribution < -0.4 is 14.9 Å². The first-order valence-corrected chi connectivity index (χ1v) is 22.2. The lowest BCUT2D eigenvalue weighted by molar-refractivity contribution is -0.136. The van der Waals surface area contributed by atoms with Crippen molar-refractivity contribution in [3.8, 4) is 11.1 Å². The van der Waals surface area contributed by atoms with E-state index in [1.807, 2.05) is 16.9 Å². The Bertz CT molecular complexity index is 2830. The monoisotopic (exact) mass is 882 g/mol. The number of pyridine rings is 1. The number of nitrogens with zero attached hydrogens (tertiary/aromatic N) is 7. The summed E-state index contributed by atoms with van der Waals surface area (Å²) in [6, 6.07) is 8.56. The number of piperidine rings is 1. The van der Waals surface area contributed by atoms with Gasteiger partial charge in [0.25, 0.3) is 5.91 Å². The average molecular weight is 883 g/mol. The number of carbonyl (C=O) groups is 4. The third-order valence-electron chi connectivity index (χ3n) is 12.7. The molecule has 1 spiro atoms. The summed E-state index contributed by atoms with van der Waals surface area (Å²) >= 11 is 0. The highest BCUT2D eigenvalue weighted by Gasteiger charge is 2.52. The first-order valence-electron chi connectivity index (χ1n) is 20.7. The highest BCUT2D eigenvalue weighted by molar-refractivity contribution is 7.90. The summed E-state index contributed by atoms with van der Waals surface area (Å²) < 4.78 is 72.9. The Balaban J connectivity index is 0.729. The summed E-state index contributed by atoms with van der Waals surface area (Å²) in [7, 11) is -4.36. The lowest BCUT2D eigenvalue weighted by Gasteiger charge is -2.60. The number of halogens is 3.